The van der Waals surface area contributed by atoms with Gasteiger partial charge in [-0.1, -0.05) is 6.07 Å². The van der Waals surface area contributed by atoms with Gasteiger partial charge in [-0.15, -0.1) is 0 Å². The minimum absolute atomic E-state index is 0.0185. The molecule has 0 saturated carbocycles. The van der Waals surface area contributed by atoms with Gasteiger partial charge in [-0.25, -0.2) is 14.6 Å². The van der Waals surface area contributed by atoms with E-state index in [1.165, 1.54) is 12.3 Å². The minimum atomic E-state index is -1.07. The number of carbonyl (C=O) groups is 2. The number of hydrogen-bond acceptors (Lipinski definition) is 4. The van der Waals surface area contributed by atoms with Crippen LogP contribution in [0.3, 0.4) is 0 Å². The zero-order valence-electron chi connectivity index (χ0n) is 11.9. The molecule has 1 unspecified atom stereocenters. The van der Waals surface area contributed by atoms with E-state index in [9.17, 15) is 9.59 Å². The van der Waals surface area contributed by atoms with Crippen molar-refractivity contribution in [3.05, 3.63) is 29.6 Å². The fourth-order valence-electron chi connectivity index (χ4n) is 2.19. The fourth-order valence-corrected chi connectivity index (χ4v) is 2.19. The Kier molecular flexibility index (Phi) is 4.74. The Bertz CT molecular complexity index is 509. The Labute approximate surface area is 122 Å². The zero-order chi connectivity index (χ0) is 15.3. The number of rotatable bonds is 4. The average molecular weight is 293 g/mol. The number of carboxylic acid groups (broad SMARTS) is 1. The third kappa shape index (κ3) is 4.42. The molecule has 0 bridgehead atoms. The van der Waals surface area contributed by atoms with E-state index in [0.717, 1.165) is 25.0 Å². The lowest BCUT2D eigenvalue weighted by Gasteiger charge is -2.34. The van der Waals surface area contributed by atoms with Gasteiger partial charge in [0.2, 0.25) is 0 Å². The smallest absolute Gasteiger partial charge is 0.354 e. The second-order valence-corrected chi connectivity index (χ2v) is 5.38. The molecule has 0 aliphatic carbocycles. The Morgan fingerprint density at radius 2 is 2.29 bits per heavy atom. The number of ether oxygens (including phenoxy) is 1. The molecule has 1 aromatic heterocycles. The van der Waals surface area contributed by atoms with Crippen molar-refractivity contribution in [2.75, 3.05) is 13.2 Å². The second-order valence-electron chi connectivity index (χ2n) is 5.38. The van der Waals surface area contributed by atoms with Crippen molar-refractivity contribution < 1.29 is 19.4 Å². The van der Waals surface area contributed by atoms with E-state index in [1.807, 2.05) is 6.92 Å². The van der Waals surface area contributed by atoms with E-state index in [1.54, 1.807) is 6.07 Å². The highest BCUT2D eigenvalue weighted by Crippen LogP contribution is 2.17. The van der Waals surface area contributed by atoms with Crippen LogP contribution in [0.4, 0.5) is 4.79 Å². The number of carbonyl (C=O) groups excluding carboxylic acids is 1. The molecule has 2 rings (SSSR count). The van der Waals surface area contributed by atoms with Crippen LogP contribution in [-0.4, -0.2) is 40.8 Å². The van der Waals surface area contributed by atoms with Crippen molar-refractivity contribution in [1.82, 2.24) is 15.6 Å². The molecule has 0 radical (unpaired) electrons. The van der Waals surface area contributed by atoms with Crippen molar-refractivity contribution in [2.45, 2.75) is 31.8 Å². The first-order valence-corrected chi connectivity index (χ1v) is 6.80. The molecule has 2 amide bonds. The number of pyridine rings is 1. The van der Waals surface area contributed by atoms with Gasteiger partial charge in [0.25, 0.3) is 0 Å². The molecule has 114 valence electrons. The van der Waals surface area contributed by atoms with Crippen LogP contribution in [0.1, 0.15) is 35.8 Å². The standard InChI is InChI=1S/C14H19N3O4/c1-14(5-2-6-21-9-14)17-13(20)16-8-10-3-4-11(12(18)19)15-7-10/h3-4,7H,2,5-6,8-9H2,1H3,(H,18,19)(H2,16,17,20). The molecule has 21 heavy (non-hydrogen) atoms. The Morgan fingerprint density at radius 3 is 2.86 bits per heavy atom. The van der Waals surface area contributed by atoms with Gasteiger partial charge < -0.3 is 20.5 Å². The van der Waals surface area contributed by atoms with Gasteiger partial charge in [0, 0.05) is 19.3 Å². The number of carboxylic acids is 1. The van der Waals surface area contributed by atoms with E-state index in [4.69, 9.17) is 9.84 Å². The SMILES string of the molecule is CC1(NC(=O)NCc2ccc(C(=O)O)nc2)CCCOC1. The van der Waals surface area contributed by atoms with Crippen molar-refractivity contribution in [1.29, 1.82) is 0 Å². The molecular weight excluding hydrogens is 274 g/mol. The van der Waals surface area contributed by atoms with Crippen LogP contribution in [0, 0.1) is 0 Å². The van der Waals surface area contributed by atoms with Crippen LogP contribution >= 0.6 is 0 Å². The Hall–Kier alpha value is -2.15. The lowest BCUT2D eigenvalue weighted by molar-refractivity contribution is 0.0333. The molecule has 7 nitrogen and oxygen atoms in total. The second kappa shape index (κ2) is 6.53. The summed E-state index contributed by atoms with van der Waals surface area (Å²) in [4.78, 5) is 26.3. The number of aromatic carboxylic acids is 1. The summed E-state index contributed by atoms with van der Waals surface area (Å²) < 4.78 is 5.38. The highest BCUT2D eigenvalue weighted by molar-refractivity contribution is 5.85. The molecule has 1 aliphatic heterocycles. The van der Waals surface area contributed by atoms with Gasteiger partial charge in [0.1, 0.15) is 5.69 Å². The quantitative estimate of drug-likeness (QED) is 0.773. The van der Waals surface area contributed by atoms with Crippen LogP contribution in [-0.2, 0) is 11.3 Å². The number of nitrogens with zero attached hydrogens (tertiary/aromatic N) is 1. The van der Waals surface area contributed by atoms with Crippen LogP contribution in [0.25, 0.3) is 0 Å². The Balaban J connectivity index is 1.82. The summed E-state index contributed by atoms with van der Waals surface area (Å²) in [6, 6.07) is 2.76. The molecule has 0 spiro atoms. The fraction of sp³-hybridized carbons (Fsp3) is 0.500. The third-order valence-corrected chi connectivity index (χ3v) is 3.35. The van der Waals surface area contributed by atoms with E-state index < -0.39 is 5.97 Å². The molecule has 0 aromatic carbocycles. The van der Waals surface area contributed by atoms with Gasteiger partial charge in [-0.05, 0) is 31.4 Å². The van der Waals surface area contributed by atoms with Crippen molar-refractivity contribution >= 4 is 12.0 Å². The number of aromatic nitrogens is 1. The molecular formula is C14H19N3O4. The first kappa shape index (κ1) is 15.2. The van der Waals surface area contributed by atoms with Crippen molar-refractivity contribution in [2.24, 2.45) is 0 Å². The zero-order valence-corrected chi connectivity index (χ0v) is 11.9. The van der Waals surface area contributed by atoms with Crippen LogP contribution in [0.2, 0.25) is 0 Å². The lowest BCUT2D eigenvalue weighted by atomic mass is 9.95. The highest BCUT2D eigenvalue weighted by Gasteiger charge is 2.29. The van der Waals surface area contributed by atoms with Gasteiger partial charge in [-0.2, -0.15) is 0 Å². The summed E-state index contributed by atoms with van der Waals surface area (Å²) in [6.45, 7) is 3.49. The minimum Gasteiger partial charge on any atom is -0.477 e. The maximum Gasteiger partial charge on any atom is 0.354 e. The predicted molar refractivity (Wildman–Crippen MR) is 75.0 cm³/mol. The topological polar surface area (TPSA) is 101 Å². The molecule has 2 heterocycles. The van der Waals surface area contributed by atoms with E-state index in [0.29, 0.717) is 6.61 Å². The third-order valence-electron chi connectivity index (χ3n) is 3.35. The average Bonchev–Trinajstić information content (AvgIpc) is 2.46. The number of hydrogen-bond donors (Lipinski definition) is 3. The number of urea groups is 1. The first-order valence-electron chi connectivity index (χ1n) is 6.80. The summed E-state index contributed by atoms with van der Waals surface area (Å²) >= 11 is 0. The molecule has 1 aromatic rings. The highest BCUT2D eigenvalue weighted by atomic mass is 16.5. The van der Waals surface area contributed by atoms with Crippen molar-refractivity contribution in [3.63, 3.8) is 0 Å². The molecule has 1 saturated heterocycles. The summed E-state index contributed by atoms with van der Waals surface area (Å²) in [5.41, 5.74) is 0.378. The Morgan fingerprint density at radius 1 is 1.48 bits per heavy atom. The molecule has 3 N–H and O–H groups in total. The summed E-state index contributed by atoms with van der Waals surface area (Å²) in [5, 5.41) is 14.4. The maximum absolute atomic E-state index is 11.9. The summed E-state index contributed by atoms with van der Waals surface area (Å²) in [7, 11) is 0. The molecule has 1 aliphatic rings. The molecule has 7 heteroatoms. The van der Waals surface area contributed by atoms with Gasteiger partial charge in [0.05, 0.1) is 12.1 Å². The predicted octanol–water partition coefficient (Wildman–Crippen LogP) is 1.15. The maximum atomic E-state index is 11.9. The largest absolute Gasteiger partial charge is 0.477 e. The van der Waals surface area contributed by atoms with Gasteiger partial charge in [0.15, 0.2) is 0 Å². The van der Waals surface area contributed by atoms with Crippen LogP contribution in [0.5, 0.6) is 0 Å². The summed E-state index contributed by atoms with van der Waals surface area (Å²) in [6.07, 6.45) is 3.25. The van der Waals surface area contributed by atoms with Crippen molar-refractivity contribution in [3.8, 4) is 0 Å². The number of nitrogens with one attached hydrogen (secondary N) is 2. The van der Waals surface area contributed by atoms with E-state index >= 15 is 0 Å². The van der Waals surface area contributed by atoms with E-state index in [-0.39, 0.29) is 23.8 Å². The van der Waals surface area contributed by atoms with Crippen LogP contribution < -0.4 is 10.6 Å². The number of amides is 2. The van der Waals surface area contributed by atoms with Crippen LogP contribution in [0.15, 0.2) is 18.3 Å². The molecule has 1 fully saturated rings. The normalized spacial score (nSPS) is 21.6. The van der Waals surface area contributed by atoms with Gasteiger partial charge in [-0.3, -0.25) is 0 Å². The molecule has 1 atom stereocenters. The summed E-state index contributed by atoms with van der Waals surface area (Å²) in [5.74, 6) is -1.07. The first-order chi connectivity index (χ1) is 9.98. The van der Waals surface area contributed by atoms with E-state index in [2.05, 4.69) is 15.6 Å². The van der Waals surface area contributed by atoms with Gasteiger partial charge >= 0.3 is 12.0 Å². The lowest BCUT2D eigenvalue weighted by Crippen LogP contribution is -2.54. The monoisotopic (exact) mass is 293 g/mol.